The number of aromatic amines is 3. The number of H-pyrrole nitrogens is 3. The Bertz CT molecular complexity index is 2760. The lowest BCUT2D eigenvalue weighted by Gasteiger charge is -2.11. The molecule has 0 saturated heterocycles. The summed E-state index contributed by atoms with van der Waals surface area (Å²) < 4.78 is 106. The van der Waals surface area contributed by atoms with Gasteiger partial charge in [0.2, 0.25) is 5.82 Å². The lowest BCUT2D eigenvalue weighted by molar-refractivity contribution is 0.381. The number of nitrogens with one attached hydrogen (secondary N) is 3. The van der Waals surface area contributed by atoms with Crippen molar-refractivity contribution in [1.82, 2.24) is 19.9 Å². The fourth-order valence-electron chi connectivity index (χ4n) is 6.33. The van der Waals surface area contributed by atoms with E-state index in [-0.39, 0.29) is 11.0 Å². The first-order chi connectivity index (χ1) is 24.8. The second kappa shape index (κ2) is 13.0. The van der Waals surface area contributed by atoms with Crippen molar-refractivity contribution in [1.29, 1.82) is 0 Å². The van der Waals surface area contributed by atoms with Gasteiger partial charge in [-0.05, 0) is 72.8 Å². The SMILES string of the molecule is Fc1cc(Br)c(-c2c3nc(c4ccc([nH]4)c(-c4c(Br)cc(F)cc4Br)c4ccc([nH]4)c(-c4c(F)c(F)c(F)c(F)c4F)c4ccc2[nH]4)C=C3)c(Br)c1. The summed E-state index contributed by atoms with van der Waals surface area (Å²) in [4.78, 5) is 14.5. The van der Waals surface area contributed by atoms with Gasteiger partial charge < -0.3 is 15.0 Å². The van der Waals surface area contributed by atoms with Gasteiger partial charge in [0, 0.05) is 73.3 Å². The molecule has 8 bridgehead atoms. The van der Waals surface area contributed by atoms with Crippen molar-refractivity contribution in [3.8, 4) is 33.4 Å². The molecule has 0 spiro atoms. The van der Waals surface area contributed by atoms with Crippen LogP contribution in [0.5, 0.6) is 0 Å². The number of aromatic nitrogens is 4. The van der Waals surface area contributed by atoms with Gasteiger partial charge >= 0.3 is 0 Å². The van der Waals surface area contributed by atoms with Crippen LogP contribution in [0.25, 0.3) is 78.6 Å². The number of hydrogen-bond donors (Lipinski definition) is 3. The van der Waals surface area contributed by atoms with Crippen LogP contribution in [-0.4, -0.2) is 19.9 Å². The standard InChI is InChI=1S/C37H15Br4F7N4/c38-15-9-13(42)10-16(39)27(15)29-21-3-1-19(49-21)20-2-4-22(50-20)30(28-17(40)11-14(43)12-18(28)41)24-6-8-26(52-24)31(25-7-5-23(29)51-25)32-33(44)35(46)37(48)36(47)34(32)45/h1-12,49,51-52H. The number of nitrogens with zero attached hydrogens (tertiary/aromatic N) is 1. The molecule has 7 aromatic rings. The van der Waals surface area contributed by atoms with Crippen LogP contribution in [0.4, 0.5) is 30.7 Å². The van der Waals surface area contributed by atoms with Gasteiger partial charge in [-0.1, -0.05) is 63.7 Å². The van der Waals surface area contributed by atoms with Gasteiger partial charge in [0.05, 0.1) is 22.5 Å². The van der Waals surface area contributed by atoms with Crippen LogP contribution >= 0.6 is 63.7 Å². The van der Waals surface area contributed by atoms with Gasteiger partial charge in [-0.3, -0.25) is 0 Å². The molecule has 4 aromatic heterocycles. The summed E-state index contributed by atoms with van der Waals surface area (Å²) in [7, 11) is 0. The molecule has 5 heterocycles. The van der Waals surface area contributed by atoms with Gasteiger partial charge in [0.1, 0.15) is 11.6 Å². The van der Waals surface area contributed by atoms with Crippen LogP contribution in [-0.2, 0) is 0 Å². The minimum atomic E-state index is -2.31. The highest BCUT2D eigenvalue weighted by molar-refractivity contribution is 9.11. The Morgan fingerprint density at radius 3 is 1.15 bits per heavy atom. The molecule has 8 rings (SSSR count). The molecule has 0 aliphatic carbocycles. The first-order valence-electron chi connectivity index (χ1n) is 15.0. The molecule has 1 aliphatic heterocycles. The van der Waals surface area contributed by atoms with E-state index in [9.17, 15) is 22.0 Å². The molecule has 0 atom stereocenters. The quantitative estimate of drug-likeness (QED) is 0.0922. The van der Waals surface area contributed by atoms with Crippen molar-refractivity contribution in [2.45, 2.75) is 0 Å². The summed E-state index contributed by atoms with van der Waals surface area (Å²) in [5.41, 5.74) is 2.82. The molecular formula is C37H15Br4F7N4. The van der Waals surface area contributed by atoms with E-state index in [1.165, 1.54) is 36.4 Å². The Kier molecular flexibility index (Phi) is 8.75. The third-order valence-electron chi connectivity index (χ3n) is 8.55. The van der Waals surface area contributed by atoms with Crippen LogP contribution in [0.15, 0.2) is 78.6 Å². The van der Waals surface area contributed by atoms with Gasteiger partial charge in [-0.25, -0.2) is 35.7 Å². The van der Waals surface area contributed by atoms with E-state index < -0.39 is 51.8 Å². The minimum absolute atomic E-state index is 0.0288. The molecule has 15 heteroatoms. The van der Waals surface area contributed by atoms with E-state index in [0.717, 1.165) is 0 Å². The zero-order valence-corrected chi connectivity index (χ0v) is 31.9. The zero-order valence-electron chi connectivity index (χ0n) is 25.5. The second-order valence-electron chi connectivity index (χ2n) is 11.6. The van der Waals surface area contributed by atoms with Gasteiger partial charge in [0.15, 0.2) is 23.3 Å². The summed E-state index contributed by atoms with van der Waals surface area (Å²) in [6, 6.07) is 14.6. The Balaban J connectivity index is 1.63. The van der Waals surface area contributed by atoms with E-state index in [1.807, 2.05) is 0 Å². The number of hydrogen-bond acceptors (Lipinski definition) is 1. The van der Waals surface area contributed by atoms with Crippen LogP contribution in [0, 0.1) is 40.7 Å². The monoisotopic (exact) mass is 964 g/mol. The minimum Gasteiger partial charge on any atom is -0.354 e. The Hall–Kier alpha value is -4.18. The number of fused-ring (bicyclic) bond motifs is 9. The summed E-state index contributed by atoms with van der Waals surface area (Å²) in [6.07, 6.45) is 3.48. The number of rotatable bonds is 3. The molecule has 4 nitrogen and oxygen atoms in total. The molecule has 0 radical (unpaired) electrons. The van der Waals surface area contributed by atoms with Crippen molar-refractivity contribution in [2.75, 3.05) is 0 Å². The second-order valence-corrected chi connectivity index (χ2v) is 15.0. The van der Waals surface area contributed by atoms with Crippen molar-refractivity contribution in [2.24, 2.45) is 0 Å². The lowest BCUT2D eigenvalue weighted by Crippen LogP contribution is -2.04. The average Bonchev–Trinajstić information content (AvgIpc) is 3.92. The van der Waals surface area contributed by atoms with Crippen molar-refractivity contribution in [3.63, 3.8) is 0 Å². The van der Waals surface area contributed by atoms with E-state index in [2.05, 4.69) is 78.7 Å². The molecule has 0 amide bonds. The smallest absolute Gasteiger partial charge is 0.200 e. The molecular weight excluding hydrogens is 953 g/mol. The summed E-state index contributed by atoms with van der Waals surface area (Å²) in [5.74, 6) is -11.7. The Labute approximate surface area is 321 Å². The molecule has 0 fully saturated rings. The first-order valence-corrected chi connectivity index (χ1v) is 18.2. The predicted molar refractivity (Wildman–Crippen MR) is 202 cm³/mol. The summed E-state index contributed by atoms with van der Waals surface area (Å²) in [6.45, 7) is 0. The summed E-state index contributed by atoms with van der Waals surface area (Å²) in [5, 5.41) is 0. The maximum absolute atomic E-state index is 15.7. The highest BCUT2D eigenvalue weighted by Gasteiger charge is 2.29. The van der Waals surface area contributed by atoms with Crippen LogP contribution in [0.1, 0.15) is 11.4 Å². The molecule has 3 aromatic carbocycles. The molecule has 260 valence electrons. The highest BCUT2D eigenvalue weighted by Crippen LogP contribution is 2.44. The van der Waals surface area contributed by atoms with Crippen LogP contribution in [0.3, 0.4) is 0 Å². The van der Waals surface area contributed by atoms with Crippen LogP contribution in [0.2, 0.25) is 0 Å². The predicted octanol–water partition coefficient (Wildman–Crippen LogP) is 13.7. The van der Waals surface area contributed by atoms with Crippen molar-refractivity contribution < 1.29 is 30.7 Å². The molecule has 0 unspecified atom stereocenters. The van der Waals surface area contributed by atoms with E-state index >= 15 is 8.78 Å². The van der Waals surface area contributed by atoms with E-state index in [4.69, 9.17) is 4.98 Å². The van der Waals surface area contributed by atoms with Gasteiger partial charge in [-0.15, -0.1) is 0 Å². The van der Waals surface area contributed by atoms with E-state index in [1.54, 1.807) is 36.4 Å². The molecule has 3 N–H and O–H groups in total. The van der Waals surface area contributed by atoms with Crippen molar-refractivity contribution in [3.05, 3.63) is 131 Å². The fourth-order valence-corrected chi connectivity index (χ4v) is 9.39. The van der Waals surface area contributed by atoms with Gasteiger partial charge in [-0.2, -0.15) is 0 Å². The largest absolute Gasteiger partial charge is 0.354 e. The van der Waals surface area contributed by atoms with Crippen LogP contribution < -0.4 is 0 Å². The fraction of sp³-hybridized carbons (Fsp3) is 0. The summed E-state index contributed by atoms with van der Waals surface area (Å²) >= 11 is 13.8. The maximum atomic E-state index is 15.7. The third kappa shape index (κ3) is 5.63. The lowest BCUT2D eigenvalue weighted by atomic mass is 10.0. The first kappa shape index (κ1) is 34.9. The normalized spacial score (nSPS) is 12.1. The van der Waals surface area contributed by atoms with Gasteiger partial charge in [0.25, 0.3) is 0 Å². The molecule has 1 aliphatic rings. The van der Waals surface area contributed by atoms with E-state index in [0.29, 0.717) is 73.6 Å². The molecule has 52 heavy (non-hydrogen) atoms. The Morgan fingerprint density at radius 2 is 0.692 bits per heavy atom. The topological polar surface area (TPSA) is 60.3 Å². The number of benzene rings is 3. The Morgan fingerprint density at radius 1 is 0.365 bits per heavy atom. The van der Waals surface area contributed by atoms with Crippen molar-refractivity contribution >= 4 is 109 Å². The zero-order chi connectivity index (χ0) is 36.7. The third-order valence-corrected chi connectivity index (χ3v) is 11.1. The maximum Gasteiger partial charge on any atom is 0.200 e. The number of halogens is 11. The molecule has 0 saturated carbocycles. The average molecular weight is 968 g/mol. The highest BCUT2D eigenvalue weighted by atomic mass is 79.9.